The molecule has 1 amide bonds. The van der Waals surface area contributed by atoms with Gasteiger partial charge in [-0.15, -0.1) is 10.2 Å². The van der Waals surface area contributed by atoms with Gasteiger partial charge in [-0.2, -0.15) is 5.10 Å². The van der Waals surface area contributed by atoms with Gasteiger partial charge in [0.25, 0.3) is 0 Å². The summed E-state index contributed by atoms with van der Waals surface area (Å²) < 4.78 is 2.71. The van der Waals surface area contributed by atoms with Crippen LogP contribution in [0.3, 0.4) is 0 Å². The van der Waals surface area contributed by atoms with E-state index in [2.05, 4.69) is 51.9 Å². The summed E-state index contributed by atoms with van der Waals surface area (Å²) in [4.78, 5) is 12.4. The molecule has 7 nitrogen and oxygen atoms in total. The zero-order chi connectivity index (χ0) is 20.2. The van der Waals surface area contributed by atoms with E-state index in [-0.39, 0.29) is 11.7 Å². The maximum atomic E-state index is 12.4. The van der Waals surface area contributed by atoms with Crippen molar-refractivity contribution >= 4 is 45.6 Å². The Morgan fingerprint density at radius 2 is 2.07 bits per heavy atom. The molecule has 2 N–H and O–H groups in total. The molecule has 1 saturated carbocycles. The molecule has 0 aliphatic heterocycles. The standard InChI is InChI=1S/C20H24N6OS2/c1-13-7-8-16(14(2)11-13)22-19-24-25-20(29-19)28-12-18(27)23-17-9-10-21-26(17)15-5-3-4-6-15/h7-11,15H,3-6,12H2,1-2H3,(H,22,24)(H,23,27). The van der Waals surface area contributed by atoms with Crippen LogP contribution in [0.4, 0.5) is 16.6 Å². The summed E-state index contributed by atoms with van der Waals surface area (Å²) in [6.07, 6.45) is 6.45. The first-order valence-electron chi connectivity index (χ1n) is 9.72. The van der Waals surface area contributed by atoms with Crippen LogP contribution in [-0.4, -0.2) is 31.6 Å². The second-order valence-electron chi connectivity index (χ2n) is 7.25. The highest BCUT2D eigenvalue weighted by Crippen LogP contribution is 2.32. The second-order valence-corrected chi connectivity index (χ2v) is 9.45. The Hall–Kier alpha value is -2.39. The summed E-state index contributed by atoms with van der Waals surface area (Å²) >= 11 is 2.84. The van der Waals surface area contributed by atoms with Gasteiger partial charge in [-0.3, -0.25) is 4.79 Å². The zero-order valence-electron chi connectivity index (χ0n) is 16.5. The molecule has 1 fully saturated rings. The van der Waals surface area contributed by atoms with Crippen LogP contribution in [0, 0.1) is 13.8 Å². The van der Waals surface area contributed by atoms with E-state index >= 15 is 0 Å². The highest BCUT2D eigenvalue weighted by molar-refractivity contribution is 8.01. The summed E-state index contributed by atoms with van der Waals surface area (Å²) in [5.41, 5.74) is 3.40. The molecule has 0 radical (unpaired) electrons. The van der Waals surface area contributed by atoms with E-state index in [1.54, 1.807) is 6.20 Å². The monoisotopic (exact) mass is 428 g/mol. The molecule has 4 rings (SSSR count). The van der Waals surface area contributed by atoms with Crippen molar-refractivity contribution in [3.63, 3.8) is 0 Å². The molecule has 1 aromatic carbocycles. The zero-order valence-corrected chi connectivity index (χ0v) is 18.1. The van der Waals surface area contributed by atoms with Gasteiger partial charge >= 0.3 is 0 Å². The van der Waals surface area contributed by atoms with Crippen molar-refractivity contribution in [3.8, 4) is 0 Å². The van der Waals surface area contributed by atoms with Crippen molar-refractivity contribution in [3.05, 3.63) is 41.6 Å². The Labute approximate surface area is 178 Å². The molecule has 3 aromatic rings. The predicted molar refractivity (Wildman–Crippen MR) is 118 cm³/mol. The number of aryl methyl sites for hydroxylation is 2. The molecule has 0 spiro atoms. The van der Waals surface area contributed by atoms with Crippen LogP contribution in [0.1, 0.15) is 42.9 Å². The van der Waals surface area contributed by atoms with Crippen LogP contribution in [-0.2, 0) is 4.79 Å². The van der Waals surface area contributed by atoms with E-state index in [0.29, 0.717) is 6.04 Å². The van der Waals surface area contributed by atoms with Crippen LogP contribution >= 0.6 is 23.1 Å². The van der Waals surface area contributed by atoms with Crippen molar-refractivity contribution in [1.82, 2.24) is 20.0 Å². The Morgan fingerprint density at radius 1 is 1.24 bits per heavy atom. The van der Waals surface area contributed by atoms with Gasteiger partial charge in [0.2, 0.25) is 11.0 Å². The molecule has 2 aromatic heterocycles. The molecule has 9 heteroatoms. The lowest BCUT2D eigenvalue weighted by atomic mass is 10.1. The minimum absolute atomic E-state index is 0.0613. The largest absolute Gasteiger partial charge is 0.330 e. The number of rotatable bonds is 7. The van der Waals surface area contributed by atoms with E-state index in [4.69, 9.17) is 0 Å². The highest BCUT2D eigenvalue weighted by atomic mass is 32.2. The van der Waals surface area contributed by atoms with E-state index in [0.717, 1.165) is 39.4 Å². The lowest BCUT2D eigenvalue weighted by Crippen LogP contribution is -2.19. The summed E-state index contributed by atoms with van der Waals surface area (Å²) in [6.45, 7) is 4.13. The summed E-state index contributed by atoms with van der Waals surface area (Å²) in [7, 11) is 0. The second kappa shape index (κ2) is 8.96. The SMILES string of the molecule is Cc1ccc(Nc2nnc(SCC(=O)Nc3ccnn3C3CCCC3)s2)c(C)c1. The first-order valence-corrected chi connectivity index (χ1v) is 11.5. The number of benzene rings is 1. The summed E-state index contributed by atoms with van der Waals surface area (Å²) in [5.74, 6) is 0.999. The van der Waals surface area contributed by atoms with Crippen LogP contribution in [0.15, 0.2) is 34.8 Å². The molecule has 0 atom stereocenters. The van der Waals surface area contributed by atoms with Gasteiger partial charge in [0.15, 0.2) is 4.34 Å². The summed E-state index contributed by atoms with van der Waals surface area (Å²) in [5, 5.41) is 19.8. The quantitative estimate of drug-likeness (QED) is 0.519. The fourth-order valence-corrected chi connectivity index (χ4v) is 5.11. The van der Waals surface area contributed by atoms with Crippen LogP contribution < -0.4 is 10.6 Å². The first-order chi connectivity index (χ1) is 14.1. The fraction of sp³-hybridized carbons (Fsp3) is 0.400. The Balaban J connectivity index is 1.31. The number of thioether (sulfide) groups is 1. The lowest BCUT2D eigenvalue weighted by molar-refractivity contribution is -0.113. The number of nitrogens with one attached hydrogen (secondary N) is 2. The lowest BCUT2D eigenvalue weighted by Gasteiger charge is -2.14. The minimum atomic E-state index is -0.0613. The molecular weight excluding hydrogens is 404 g/mol. The molecule has 0 unspecified atom stereocenters. The first kappa shape index (κ1) is 19.9. The third-order valence-corrected chi connectivity index (χ3v) is 6.94. The van der Waals surface area contributed by atoms with Crippen molar-refractivity contribution < 1.29 is 4.79 Å². The van der Waals surface area contributed by atoms with E-state index < -0.39 is 0 Å². The molecule has 1 aliphatic rings. The molecule has 0 bridgehead atoms. The van der Waals surface area contributed by atoms with Crippen molar-refractivity contribution in [2.45, 2.75) is 49.9 Å². The van der Waals surface area contributed by atoms with Crippen molar-refractivity contribution in [2.24, 2.45) is 0 Å². The normalized spacial score (nSPS) is 14.3. The number of aromatic nitrogens is 4. The number of carbonyl (C=O) groups excluding carboxylic acids is 1. The topological polar surface area (TPSA) is 84.7 Å². The Morgan fingerprint density at radius 3 is 2.86 bits per heavy atom. The number of hydrogen-bond donors (Lipinski definition) is 2. The van der Waals surface area contributed by atoms with Crippen LogP contribution in [0.5, 0.6) is 0 Å². The third-order valence-electron chi connectivity index (χ3n) is 4.97. The fourth-order valence-electron chi connectivity index (χ4n) is 3.55. The average molecular weight is 429 g/mol. The highest BCUT2D eigenvalue weighted by Gasteiger charge is 2.20. The number of anilines is 3. The van der Waals surface area contributed by atoms with Gasteiger partial charge < -0.3 is 10.6 Å². The van der Waals surface area contributed by atoms with Gasteiger partial charge in [0.1, 0.15) is 5.82 Å². The number of carbonyl (C=O) groups is 1. The van der Waals surface area contributed by atoms with Gasteiger partial charge in [0.05, 0.1) is 18.0 Å². The predicted octanol–water partition coefficient (Wildman–Crippen LogP) is 4.94. The number of nitrogens with zero attached hydrogens (tertiary/aromatic N) is 4. The summed E-state index contributed by atoms with van der Waals surface area (Å²) in [6, 6.07) is 8.49. The van der Waals surface area contributed by atoms with Crippen molar-refractivity contribution in [1.29, 1.82) is 0 Å². The number of hydrogen-bond acceptors (Lipinski definition) is 7. The molecular formula is C20H24N6OS2. The Kier molecular flexibility index (Phi) is 6.15. The van der Waals surface area contributed by atoms with Crippen LogP contribution in [0.2, 0.25) is 0 Å². The van der Waals surface area contributed by atoms with Crippen molar-refractivity contribution in [2.75, 3.05) is 16.4 Å². The maximum absolute atomic E-state index is 12.4. The van der Waals surface area contributed by atoms with Crippen LogP contribution in [0.25, 0.3) is 0 Å². The Bertz CT molecular complexity index is 993. The average Bonchev–Trinajstić information content (AvgIpc) is 3.44. The van der Waals surface area contributed by atoms with Gasteiger partial charge in [-0.25, -0.2) is 4.68 Å². The van der Waals surface area contributed by atoms with Gasteiger partial charge in [-0.05, 0) is 38.3 Å². The molecule has 2 heterocycles. The van der Waals surface area contributed by atoms with E-state index in [9.17, 15) is 4.79 Å². The smallest absolute Gasteiger partial charge is 0.235 e. The van der Waals surface area contributed by atoms with Gasteiger partial charge in [0, 0.05) is 11.8 Å². The molecule has 1 aliphatic carbocycles. The van der Waals surface area contributed by atoms with E-state index in [1.165, 1.54) is 41.5 Å². The van der Waals surface area contributed by atoms with E-state index in [1.807, 2.05) is 16.8 Å². The molecule has 152 valence electrons. The maximum Gasteiger partial charge on any atom is 0.235 e. The molecule has 0 saturated heterocycles. The van der Waals surface area contributed by atoms with Gasteiger partial charge in [-0.1, -0.05) is 53.6 Å². The number of amides is 1. The minimum Gasteiger partial charge on any atom is -0.330 e. The molecule has 29 heavy (non-hydrogen) atoms. The third kappa shape index (κ3) is 4.97.